The number of halogens is 1. The number of carbonyl (C=O) groups is 2. The maximum absolute atomic E-state index is 12.8. The Balaban J connectivity index is 1.78. The SMILES string of the molecule is CC1CCN(c2c(Cl)cccc2N2C(=O)c3ccccc3C2=O)CC1. The second kappa shape index (κ2) is 6.19. The highest BCUT2D eigenvalue weighted by atomic mass is 35.5. The second-order valence-corrected chi connectivity index (χ2v) is 7.18. The van der Waals surface area contributed by atoms with Crippen LogP contribution in [0.1, 0.15) is 40.5 Å². The first-order valence-corrected chi connectivity index (χ1v) is 8.97. The molecule has 0 radical (unpaired) electrons. The Morgan fingerprint density at radius 2 is 1.52 bits per heavy atom. The second-order valence-electron chi connectivity index (χ2n) is 6.77. The third kappa shape index (κ3) is 2.61. The van der Waals surface area contributed by atoms with E-state index in [4.69, 9.17) is 11.6 Å². The highest BCUT2D eigenvalue weighted by molar-refractivity contribution is 6.38. The van der Waals surface area contributed by atoms with Gasteiger partial charge in [0.15, 0.2) is 0 Å². The number of benzene rings is 2. The molecule has 2 aromatic carbocycles. The largest absolute Gasteiger partial charge is 0.369 e. The monoisotopic (exact) mass is 354 g/mol. The van der Waals surface area contributed by atoms with Crippen molar-refractivity contribution in [3.8, 4) is 0 Å². The molecule has 1 fully saturated rings. The van der Waals surface area contributed by atoms with Crippen molar-refractivity contribution in [1.82, 2.24) is 0 Å². The molecular formula is C20H19ClN2O2. The highest BCUT2D eigenvalue weighted by Gasteiger charge is 2.38. The zero-order valence-corrected chi connectivity index (χ0v) is 14.8. The Morgan fingerprint density at radius 3 is 2.12 bits per heavy atom. The molecule has 4 rings (SSSR count). The van der Waals surface area contributed by atoms with Crippen molar-refractivity contribution in [2.24, 2.45) is 5.92 Å². The molecule has 0 N–H and O–H groups in total. The Morgan fingerprint density at radius 1 is 0.920 bits per heavy atom. The van der Waals surface area contributed by atoms with Gasteiger partial charge in [-0.15, -0.1) is 0 Å². The topological polar surface area (TPSA) is 40.6 Å². The first-order valence-electron chi connectivity index (χ1n) is 8.59. The van der Waals surface area contributed by atoms with Gasteiger partial charge in [-0.2, -0.15) is 0 Å². The minimum atomic E-state index is -0.283. The molecule has 4 nitrogen and oxygen atoms in total. The number of hydrogen-bond donors (Lipinski definition) is 0. The van der Waals surface area contributed by atoms with Gasteiger partial charge in [-0.1, -0.05) is 36.7 Å². The van der Waals surface area contributed by atoms with Gasteiger partial charge in [-0.3, -0.25) is 9.59 Å². The summed E-state index contributed by atoms with van der Waals surface area (Å²) in [5.41, 5.74) is 2.26. The molecule has 0 saturated carbocycles. The quantitative estimate of drug-likeness (QED) is 0.751. The fourth-order valence-corrected chi connectivity index (χ4v) is 3.93. The Bertz CT molecular complexity index is 822. The van der Waals surface area contributed by atoms with Crippen LogP contribution in [0.5, 0.6) is 0 Å². The van der Waals surface area contributed by atoms with Crippen molar-refractivity contribution < 1.29 is 9.59 Å². The summed E-state index contributed by atoms with van der Waals surface area (Å²) in [7, 11) is 0. The summed E-state index contributed by atoms with van der Waals surface area (Å²) in [6, 6.07) is 12.4. The third-order valence-electron chi connectivity index (χ3n) is 5.10. The fraction of sp³-hybridized carbons (Fsp3) is 0.300. The van der Waals surface area contributed by atoms with Gasteiger partial charge in [0, 0.05) is 13.1 Å². The van der Waals surface area contributed by atoms with Gasteiger partial charge in [0.1, 0.15) is 0 Å². The van der Waals surface area contributed by atoms with Crippen LogP contribution in [-0.2, 0) is 0 Å². The third-order valence-corrected chi connectivity index (χ3v) is 5.41. The van der Waals surface area contributed by atoms with Crippen molar-refractivity contribution in [2.75, 3.05) is 22.9 Å². The van der Waals surface area contributed by atoms with Crippen LogP contribution in [0.2, 0.25) is 5.02 Å². The lowest BCUT2D eigenvalue weighted by Crippen LogP contribution is -2.36. The summed E-state index contributed by atoms with van der Waals surface area (Å²) in [6.07, 6.45) is 2.15. The standard InChI is InChI=1S/C20H19ClN2O2/c1-13-9-11-22(12-10-13)18-16(21)7-4-8-17(18)23-19(24)14-5-2-3-6-15(14)20(23)25/h2-8,13H,9-12H2,1H3. The van der Waals surface area contributed by atoms with Gasteiger partial charge >= 0.3 is 0 Å². The van der Waals surface area contributed by atoms with E-state index in [1.54, 1.807) is 36.4 Å². The van der Waals surface area contributed by atoms with Crippen molar-refractivity contribution in [3.05, 3.63) is 58.6 Å². The predicted octanol–water partition coefficient (Wildman–Crippen LogP) is 4.38. The van der Waals surface area contributed by atoms with Gasteiger partial charge < -0.3 is 4.90 Å². The van der Waals surface area contributed by atoms with Gasteiger partial charge in [0.05, 0.1) is 27.5 Å². The number of imide groups is 1. The summed E-state index contributed by atoms with van der Waals surface area (Å²) >= 11 is 6.49. The number of piperidine rings is 1. The number of nitrogens with zero attached hydrogens (tertiary/aromatic N) is 2. The van der Waals surface area contributed by atoms with Crippen LogP contribution in [0.25, 0.3) is 0 Å². The molecule has 0 aromatic heterocycles. The van der Waals surface area contributed by atoms with Crippen molar-refractivity contribution in [1.29, 1.82) is 0 Å². The Labute approximate surface area is 152 Å². The number of rotatable bonds is 2. The minimum absolute atomic E-state index is 0.283. The molecule has 0 bridgehead atoms. The summed E-state index contributed by atoms with van der Waals surface area (Å²) < 4.78 is 0. The van der Waals surface area contributed by atoms with Gasteiger partial charge in [-0.25, -0.2) is 4.90 Å². The number of fused-ring (bicyclic) bond motifs is 1. The predicted molar refractivity (Wildman–Crippen MR) is 99.6 cm³/mol. The van der Waals surface area contributed by atoms with Crippen LogP contribution in [0.3, 0.4) is 0 Å². The molecule has 2 aliphatic rings. The lowest BCUT2D eigenvalue weighted by molar-refractivity contribution is 0.0926. The summed E-state index contributed by atoms with van der Waals surface area (Å²) in [4.78, 5) is 29.2. The molecule has 2 heterocycles. The zero-order valence-electron chi connectivity index (χ0n) is 14.0. The van der Waals surface area contributed by atoms with Gasteiger partial charge in [-0.05, 0) is 43.0 Å². The van der Waals surface area contributed by atoms with E-state index in [-0.39, 0.29) is 11.8 Å². The van der Waals surface area contributed by atoms with E-state index < -0.39 is 0 Å². The number of para-hydroxylation sites is 1. The molecule has 25 heavy (non-hydrogen) atoms. The van der Waals surface area contributed by atoms with Crippen molar-refractivity contribution in [2.45, 2.75) is 19.8 Å². The average molecular weight is 355 g/mol. The molecule has 0 unspecified atom stereocenters. The van der Waals surface area contributed by atoms with Gasteiger partial charge in [0.2, 0.25) is 0 Å². The molecule has 128 valence electrons. The fourth-order valence-electron chi connectivity index (χ4n) is 3.64. The van der Waals surface area contributed by atoms with E-state index in [9.17, 15) is 9.59 Å². The van der Waals surface area contributed by atoms with Crippen LogP contribution in [-0.4, -0.2) is 24.9 Å². The van der Waals surface area contributed by atoms with Crippen LogP contribution in [0.4, 0.5) is 11.4 Å². The smallest absolute Gasteiger partial charge is 0.266 e. The molecule has 2 aliphatic heterocycles. The maximum atomic E-state index is 12.8. The van der Waals surface area contributed by atoms with E-state index in [2.05, 4.69) is 11.8 Å². The van der Waals surface area contributed by atoms with E-state index in [0.29, 0.717) is 27.8 Å². The van der Waals surface area contributed by atoms with E-state index in [1.165, 1.54) is 4.90 Å². The van der Waals surface area contributed by atoms with Crippen LogP contribution < -0.4 is 9.80 Å². The molecule has 0 spiro atoms. The number of hydrogen-bond acceptors (Lipinski definition) is 3. The maximum Gasteiger partial charge on any atom is 0.266 e. The highest BCUT2D eigenvalue weighted by Crippen LogP contribution is 2.41. The first-order chi connectivity index (χ1) is 12.1. The average Bonchev–Trinajstić information content (AvgIpc) is 2.87. The number of anilines is 2. The summed E-state index contributed by atoms with van der Waals surface area (Å²) in [5, 5.41) is 0.573. The molecule has 1 saturated heterocycles. The minimum Gasteiger partial charge on any atom is -0.369 e. The number of carbonyl (C=O) groups excluding carboxylic acids is 2. The summed E-state index contributed by atoms with van der Waals surface area (Å²) in [5.74, 6) is 0.116. The normalized spacial score (nSPS) is 18.0. The Hall–Kier alpha value is -2.33. The van der Waals surface area contributed by atoms with Gasteiger partial charge in [0.25, 0.3) is 11.8 Å². The van der Waals surface area contributed by atoms with E-state index >= 15 is 0 Å². The molecule has 2 aromatic rings. The molecule has 2 amide bonds. The lowest BCUT2D eigenvalue weighted by Gasteiger charge is -2.35. The zero-order chi connectivity index (χ0) is 17.6. The molecule has 5 heteroatoms. The van der Waals surface area contributed by atoms with E-state index in [0.717, 1.165) is 31.6 Å². The molecule has 0 aliphatic carbocycles. The van der Waals surface area contributed by atoms with E-state index in [1.807, 2.05) is 6.07 Å². The molecule has 0 atom stereocenters. The van der Waals surface area contributed by atoms with Crippen LogP contribution in [0, 0.1) is 5.92 Å². The summed E-state index contributed by atoms with van der Waals surface area (Å²) in [6.45, 7) is 4.00. The van der Waals surface area contributed by atoms with Crippen LogP contribution in [0.15, 0.2) is 42.5 Å². The first kappa shape index (κ1) is 16.2. The van der Waals surface area contributed by atoms with Crippen LogP contribution >= 0.6 is 11.6 Å². The molecular weight excluding hydrogens is 336 g/mol. The van der Waals surface area contributed by atoms with Crippen molar-refractivity contribution >= 4 is 34.8 Å². The Kier molecular flexibility index (Phi) is 4.00. The number of amides is 2. The lowest BCUT2D eigenvalue weighted by atomic mass is 9.98. The van der Waals surface area contributed by atoms with Crippen molar-refractivity contribution in [3.63, 3.8) is 0 Å².